The van der Waals surface area contributed by atoms with Gasteiger partial charge in [0.1, 0.15) is 0 Å². The van der Waals surface area contributed by atoms with Gasteiger partial charge in [0.15, 0.2) is 0 Å². The Morgan fingerprint density at radius 2 is 2.05 bits per heavy atom. The lowest BCUT2D eigenvalue weighted by atomic mass is 10.3. The molecule has 7 heteroatoms. The molecule has 0 radical (unpaired) electrons. The molecule has 0 aliphatic carbocycles. The number of nitrogens with one attached hydrogen (secondary N) is 1. The summed E-state index contributed by atoms with van der Waals surface area (Å²) < 4.78 is 0. The first-order valence-corrected chi connectivity index (χ1v) is 7.07. The topological polar surface area (TPSA) is 75.4 Å². The molecule has 0 unspecified atom stereocenters. The van der Waals surface area contributed by atoms with Crippen molar-refractivity contribution >= 4 is 35.6 Å². The van der Waals surface area contributed by atoms with Crippen LogP contribution in [0.5, 0.6) is 0 Å². The fourth-order valence-electron chi connectivity index (χ4n) is 1.64. The quantitative estimate of drug-likeness (QED) is 0.829. The van der Waals surface area contributed by atoms with E-state index in [1.165, 1.54) is 4.88 Å². The zero-order valence-electron chi connectivity index (χ0n) is 12.0. The molecule has 0 aromatic carbocycles. The molecule has 0 atom stereocenters. The normalized spacial score (nSPS) is 10.1. The van der Waals surface area contributed by atoms with Gasteiger partial charge in [0.05, 0.1) is 19.6 Å². The number of thiophene rings is 1. The summed E-state index contributed by atoms with van der Waals surface area (Å²) >= 11 is 1.68. The molecule has 1 aromatic rings. The number of carbonyl (C=O) groups is 2. The molecule has 1 heterocycles. The van der Waals surface area contributed by atoms with E-state index >= 15 is 0 Å². The molecule has 0 spiro atoms. The maximum Gasteiger partial charge on any atom is 0.242 e. The van der Waals surface area contributed by atoms with Gasteiger partial charge in [0.2, 0.25) is 11.8 Å². The highest BCUT2D eigenvalue weighted by atomic mass is 35.5. The predicted octanol–water partition coefficient (Wildman–Crippen LogP) is 1.29. The number of amides is 2. The Labute approximate surface area is 129 Å². The number of aryl methyl sites for hydroxylation is 1. The summed E-state index contributed by atoms with van der Waals surface area (Å²) in [6.45, 7) is 6.44. The molecule has 114 valence electrons. The minimum Gasteiger partial charge on any atom is -0.346 e. The molecule has 2 amide bonds. The molecule has 0 saturated carbocycles. The first kappa shape index (κ1) is 18.9. The van der Waals surface area contributed by atoms with Crippen LogP contribution in [0.2, 0.25) is 0 Å². The number of nitrogens with two attached hydrogens (primary N) is 1. The van der Waals surface area contributed by atoms with E-state index in [-0.39, 0.29) is 43.4 Å². The second-order valence-corrected chi connectivity index (χ2v) is 5.98. The van der Waals surface area contributed by atoms with Crippen LogP contribution >= 0.6 is 23.7 Å². The first-order valence-electron chi connectivity index (χ1n) is 6.25. The van der Waals surface area contributed by atoms with Crippen molar-refractivity contribution in [1.82, 2.24) is 10.2 Å². The number of hydrogen-bond acceptors (Lipinski definition) is 4. The molecule has 0 aliphatic heterocycles. The van der Waals surface area contributed by atoms with E-state index in [0.29, 0.717) is 6.54 Å². The number of rotatable bonds is 6. The van der Waals surface area contributed by atoms with Crippen molar-refractivity contribution in [2.75, 3.05) is 13.1 Å². The fraction of sp³-hybridized carbons (Fsp3) is 0.538. The molecule has 0 aliphatic rings. The summed E-state index contributed by atoms with van der Waals surface area (Å²) in [5.74, 6) is -0.410. The third-order valence-electron chi connectivity index (χ3n) is 2.69. The highest BCUT2D eigenvalue weighted by Gasteiger charge is 2.18. The lowest BCUT2D eigenvalue weighted by Crippen LogP contribution is -2.44. The lowest BCUT2D eigenvalue weighted by molar-refractivity contribution is -0.134. The number of halogens is 1. The van der Waals surface area contributed by atoms with E-state index in [1.807, 2.05) is 32.9 Å². The summed E-state index contributed by atoms with van der Waals surface area (Å²) in [4.78, 5) is 27.3. The molecule has 1 rings (SSSR count). The van der Waals surface area contributed by atoms with E-state index in [0.717, 1.165) is 4.88 Å². The second-order valence-electron chi connectivity index (χ2n) is 4.61. The van der Waals surface area contributed by atoms with Crippen LogP contribution in [0.3, 0.4) is 0 Å². The molecule has 0 fully saturated rings. The van der Waals surface area contributed by atoms with E-state index in [9.17, 15) is 9.59 Å². The zero-order valence-corrected chi connectivity index (χ0v) is 13.6. The van der Waals surface area contributed by atoms with Crippen molar-refractivity contribution in [3.63, 3.8) is 0 Å². The van der Waals surface area contributed by atoms with Crippen LogP contribution in [-0.4, -0.2) is 35.8 Å². The summed E-state index contributed by atoms with van der Waals surface area (Å²) in [6.07, 6.45) is 0. The van der Waals surface area contributed by atoms with Crippen molar-refractivity contribution in [3.05, 3.63) is 21.9 Å². The molecule has 0 saturated heterocycles. The monoisotopic (exact) mass is 319 g/mol. The van der Waals surface area contributed by atoms with Crippen LogP contribution in [0.15, 0.2) is 12.1 Å². The van der Waals surface area contributed by atoms with Gasteiger partial charge >= 0.3 is 0 Å². The van der Waals surface area contributed by atoms with Crippen LogP contribution in [0, 0.1) is 6.92 Å². The Bertz CT molecular complexity index is 449. The van der Waals surface area contributed by atoms with Gasteiger partial charge < -0.3 is 16.0 Å². The Hall–Kier alpha value is -1.11. The van der Waals surface area contributed by atoms with Crippen molar-refractivity contribution in [1.29, 1.82) is 0 Å². The standard InChI is InChI=1S/C13H21N3O2S.ClH/c1-9(2)16(8-11-5-4-10(3)19-11)13(18)7-15-12(17)6-14;/h4-5,9H,6-8,14H2,1-3H3,(H,15,17);1H. The maximum absolute atomic E-state index is 12.1. The van der Waals surface area contributed by atoms with Crippen molar-refractivity contribution in [2.45, 2.75) is 33.4 Å². The maximum atomic E-state index is 12.1. The lowest BCUT2D eigenvalue weighted by Gasteiger charge is -2.26. The van der Waals surface area contributed by atoms with E-state index in [4.69, 9.17) is 5.73 Å². The van der Waals surface area contributed by atoms with Crippen LogP contribution in [0.25, 0.3) is 0 Å². The highest BCUT2D eigenvalue weighted by Crippen LogP contribution is 2.18. The third kappa shape index (κ3) is 5.90. The molecule has 1 aromatic heterocycles. The molecule has 3 N–H and O–H groups in total. The molecular formula is C13H22ClN3O2S. The Kier molecular flexibility index (Phi) is 8.45. The van der Waals surface area contributed by atoms with Gasteiger partial charge in [0, 0.05) is 15.8 Å². The van der Waals surface area contributed by atoms with Crippen LogP contribution in [0.4, 0.5) is 0 Å². The minimum absolute atomic E-state index is 0. The van der Waals surface area contributed by atoms with Crippen LogP contribution in [-0.2, 0) is 16.1 Å². The molecule has 0 bridgehead atoms. The minimum atomic E-state index is -0.316. The van der Waals surface area contributed by atoms with Gasteiger partial charge in [-0.25, -0.2) is 0 Å². The Morgan fingerprint density at radius 1 is 1.40 bits per heavy atom. The average Bonchev–Trinajstić information content (AvgIpc) is 2.77. The van der Waals surface area contributed by atoms with Gasteiger partial charge in [-0.15, -0.1) is 23.7 Å². The summed E-state index contributed by atoms with van der Waals surface area (Å²) in [5, 5.41) is 2.51. The Morgan fingerprint density at radius 3 is 2.50 bits per heavy atom. The molecular weight excluding hydrogens is 298 g/mol. The van der Waals surface area contributed by atoms with Crippen LogP contribution < -0.4 is 11.1 Å². The highest BCUT2D eigenvalue weighted by molar-refractivity contribution is 7.11. The van der Waals surface area contributed by atoms with Gasteiger partial charge in [0.25, 0.3) is 0 Å². The van der Waals surface area contributed by atoms with Crippen molar-refractivity contribution < 1.29 is 9.59 Å². The SMILES string of the molecule is Cc1ccc(CN(C(=O)CNC(=O)CN)C(C)C)s1.Cl. The van der Waals surface area contributed by atoms with E-state index < -0.39 is 0 Å². The summed E-state index contributed by atoms with van der Waals surface area (Å²) in [7, 11) is 0. The predicted molar refractivity (Wildman–Crippen MR) is 84.1 cm³/mol. The molecule has 20 heavy (non-hydrogen) atoms. The number of carbonyl (C=O) groups excluding carboxylic acids is 2. The van der Waals surface area contributed by atoms with Gasteiger partial charge in [-0.05, 0) is 32.9 Å². The largest absolute Gasteiger partial charge is 0.346 e. The fourth-order valence-corrected chi connectivity index (χ4v) is 2.53. The zero-order chi connectivity index (χ0) is 14.4. The van der Waals surface area contributed by atoms with Gasteiger partial charge in [-0.2, -0.15) is 0 Å². The second kappa shape index (κ2) is 8.94. The van der Waals surface area contributed by atoms with Crippen molar-refractivity contribution in [3.8, 4) is 0 Å². The van der Waals surface area contributed by atoms with Crippen molar-refractivity contribution in [2.24, 2.45) is 5.73 Å². The smallest absolute Gasteiger partial charge is 0.242 e. The van der Waals surface area contributed by atoms with Crippen LogP contribution in [0.1, 0.15) is 23.6 Å². The first-order chi connectivity index (χ1) is 8.93. The molecule has 5 nitrogen and oxygen atoms in total. The van der Waals surface area contributed by atoms with Gasteiger partial charge in [-0.1, -0.05) is 0 Å². The third-order valence-corrected chi connectivity index (χ3v) is 3.67. The average molecular weight is 320 g/mol. The Balaban J connectivity index is 0.00000361. The number of hydrogen-bond donors (Lipinski definition) is 2. The van der Waals surface area contributed by atoms with Gasteiger partial charge in [-0.3, -0.25) is 9.59 Å². The van der Waals surface area contributed by atoms with E-state index in [2.05, 4.69) is 5.32 Å². The van der Waals surface area contributed by atoms with E-state index in [1.54, 1.807) is 16.2 Å². The summed E-state index contributed by atoms with van der Waals surface area (Å²) in [5.41, 5.74) is 5.19. The summed E-state index contributed by atoms with van der Waals surface area (Å²) in [6, 6.07) is 4.16. The number of nitrogens with zero attached hydrogens (tertiary/aromatic N) is 1.